The Bertz CT molecular complexity index is 390. The summed E-state index contributed by atoms with van der Waals surface area (Å²) in [6, 6.07) is 0.329. The number of ether oxygens (including phenoxy) is 1. The van der Waals surface area contributed by atoms with Gasteiger partial charge in [-0.05, 0) is 38.6 Å². The third-order valence-corrected chi connectivity index (χ3v) is 3.87. The maximum atomic E-state index is 5.48. The second-order valence-electron chi connectivity index (χ2n) is 5.52. The second kappa shape index (κ2) is 6.48. The highest BCUT2D eigenvalue weighted by molar-refractivity contribution is 5.02. The molecule has 1 aliphatic carbocycles. The maximum Gasteiger partial charge on any atom is 0.231 e. The van der Waals surface area contributed by atoms with Crippen LogP contribution in [0.2, 0.25) is 0 Å². The summed E-state index contributed by atoms with van der Waals surface area (Å²) in [7, 11) is 1.72. The molecule has 2 rings (SSSR count). The Kier molecular flexibility index (Phi) is 4.93. The van der Waals surface area contributed by atoms with E-state index in [1.165, 1.54) is 12.8 Å². The van der Waals surface area contributed by atoms with E-state index in [2.05, 4.69) is 36.2 Å². The summed E-state index contributed by atoms with van der Waals surface area (Å²) < 4.78 is 10.9. The van der Waals surface area contributed by atoms with Crippen LogP contribution >= 0.6 is 0 Å². The van der Waals surface area contributed by atoms with Crippen LogP contribution in [0, 0.1) is 5.92 Å². The summed E-state index contributed by atoms with van der Waals surface area (Å²) in [6.45, 7) is 7.44. The van der Waals surface area contributed by atoms with Crippen LogP contribution in [0.1, 0.15) is 63.8 Å². The zero-order chi connectivity index (χ0) is 13.8. The molecule has 0 radical (unpaired) electrons. The fraction of sp³-hybridized carbons (Fsp3) is 0.857. The van der Waals surface area contributed by atoms with Gasteiger partial charge in [0.05, 0.1) is 5.92 Å². The van der Waals surface area contributed by atoms with E-state index in [1.807, 2.05) is 0 Å². The van der Waals surface area contributed by atoms with Crippen LogP contribution < -0.4 is 5.32 Å². The molecular weight excluding hydrogens is 242 g/mol. The Labute approximate surface area is 115 Å². The third kappa shape index (κ3) is 3.54. The van der Waals surface area contributed by atoms with E-state index >= 15 is 0 Å². The summed E-state index contributed by atoms with van der Waals surface area (Å²) in [5.41, 5.74) is 0. The van der Waals surface area contributed by atoms with Crippen LogP contribution in [-0.4, -0.2) is 29.8 Å². The standard InChI is InChI=1S/C14H25N3O2/c1-5-8-15-10(3)9(2)14-16-13(17-19-14)12(18-4)11-6-7-11/h9-12,15H,5-8H2,1-4H3. The van der Waals surface area contributed by atoms with E-state index in [4.69, 9.17) is 9.26 Å². The van der Waals surface area contributed by atoms with Crippen molar-refractivity contribution >= 4 is 0 Å². The van der Waals surface area contributed by atoms with Crippen molar-refractivity contribution in [3.63, 3.8) is 0 Å². The van der Waals surface area contributed by atoms with Gasteiger partial charge in [0.1, 0.15) is 6.10 Å². The Morgan fingerprint density at radius 3 is 2.74 bits per heavy atom. The van der Waals surface area contributed by atoms with E-state index in [0.29, 0.717) is 23.7 Å². The Morgan fingerprint density at radius 2 is 2.16 bits per heavy atom. The van der Waals surface area contributed by atoms with E-state index in [0.717, 1.165) is 13.0 Å². The van der Waals surface area contributed by atoms with Crippen molar-refractivity contribution in [2.24, 2.45) is 5.92 Å². The molecule has 0 amide bonds. The summed E-state index contributed by atoms with van der Waals surface area (Å²) in [5, 5.41) is 7.55. The van der Waals surface area contributed by atoms with Gasteiger partial charge >= 0.3 is 0 Å². The fourth-order valence-electron chi connectivity index (χ4n) is 2.22. The van der Waals surface area contributed by atoms with Crippen molar-refractivity contribution in [2.45, 2.75) is 58.1 Å². The van der Waals surface area contributed by atoms with Gasteiger partial charge in [-0.2, -0.15) is 4.98 Å². The summed E-state index contributed by atoms with van der Waals surface area (Å²) in [5.74, 6) is 2.19. The molecule has 1 heterocycles. The normalized spacial score (nSPS) is 20.2. The second-order valence-corrected chi connectivity index (χ2v) is 5.52. The van der Waals surface area contributed by atoms with Crippen LogP contribution in [0.15, 0.2) is 4.52 Å². The van der Waals surface area contributed by atoms with E-state index in [1.54, 1.807) is 7.11 Å². The number of hydrogen-bond acceptors (Lipinski definition) is 5. The molecule has 3 unspecified atom stereocenters. The lowest BCUT2D eigenvalue weighted by atomic mass is 10.0. The first kappa shape index (κ1) is 14.5. The van der Waals surface area contributed by atoms with Gasteiger partial charge in [0.15, 0.2) is 0 Å². The molecule has 1 fully saturated rings. The molecule has 0 bridgehead atoms. The van der Waals surface area contributed by atoms with E-state index < -0.39 is 0 Å². The van der Waals surface area contributed by atoms with Crippen molar-refractivity contribution in [2.75, 3.05) is 13.7 Å². The highest BCUT2D eigenvalue weighted by atomic mass is 16.5. The van der Waals surface area contributed by atoms with Gasteiger partial charge in [0, 0.05) is 13.2 Å². The molecule has 1 aliphatic rings. The van der Waals surface area contributed by atoms with Crippen LogP contribution in [0.25, 0.3) is 0 Å². The average molecular weight is 267 g/mol. The monoisotopic (exact) mass is 267 g/mol. The quantitative estimate of drug-likeness (QED) is 0.784. The largest absolute Gasteiger partial charge is 0.373 e. The molecule has 108 valence electrons. The van der Waals surface area contributed by atoms with Gasteiger partial charge < -0.3 is 14.6 Å². The summed E-state index contributed by atoms with van der Waals surface area (Å²) in [4.78, 5) is 4.53. The first-order valence-corrected chi connectivity index (χ1v) is 7.27. The van der Waals surface area contributed by atoms with Crippen LogP contribution in [-0.2, 0) is 4.74 Å². The summed E-state index contributed by atoms with van der Waals surface area (Å²) in [6.07, 6.45) is 3.53. The number of nitrogens with one attached hydrogen (secondary N) is 1. The third-order valence-electron chi connectivity index (χ3n) is 3.87. The van der Waals surface area contributed by atoms with E-state index in [-0.39, 0.29) is 12.0 Å². The molecule has 5 nitrogen and oxygen atoms in total. The first-order valence-electron chi connectivity index (χ1n) is 7.27. The lowest BCUT2D eigenvalue weighted by Crippen LogP contribution is -2.31. The lowest BCUT2D eigenvalue weighted by Gasteiger charge is -2.17. The molecule has 0 saturated heterocycles. The zero-order valence-electron chi connectivity index (χ0n) is 12.3. The van der Waals surface area contributed by atoms with Gasteiger partial charge in [-0.15, -0.1) is 0 Å². The van der Waals surface area contributed by atoms with Crippen molar-refractivity contribution in [1.29, 1.82) is 0 Å². The smallest absolute Gasteiger partial charge is 0.231 e. The predicted octanol–water partition coefficient (Wildman–Crippen LogP) is 2.66. The first-order chi connectivity index (χ1) is 9.17. The number of hydrogen-bond donors (Lipinski definition) is 1. The van der Waals surface area contributed by atoms with Crippen LogP contribution in [0.5, 0.6) is 0 Å². The van der Waals surface area contributed by atoms with Crippen molar-refractivity contribution < 1.29 is 9.26 Å². The molecule has 1 saturated carbocycles. The van der Waals surface area contributed by atoms with Gasteiger partial charge in [-0.25, -0.2) is 0 Å². The fourth-order valence-corrected chi connectivity index (χ4v) is 2.22. The molecule has 1 aromatic rings. The molecule has 19 heavy (non-hydrogen) atoms. The highest BCUT2D eigenvalue weighted by Crippen LogP contribution is 2.42. The molecule has 1 N–H and O–H groups in total. The number of aromatic nitrogens is 2. The molecule has 0 aliphatic heterocycles. The molecule has 0 aromatic carbocycles. The van der Waals surface area contributed by atoms with Crippen molar-refractivity contribution in [3.05, 3.63) is 11.7 Å². The highest BCUT2D eigenvalue weighted by Gasteiger charge is 2.36. The number of methoxy groups -OCH3 is 1. The zero-order valence-corrected chi connectivity index (χ0v) is 12.3. The Balaban J connectivity index is 1.98. The predicted molar refractivity (Wildman–Crippen MR) is 72.9 cm³/mol. The molecule has 3 atom stereocenters. The SMILES string of the molecule is CCCNC(C)C(C)c1nc(C(OC)C2CC2)no1. The Hall–Kier alpha value is -0.940. The number of nitrogens with zero attached hydrogens (tertiary/aromatic N) is 2. The van der Waals surface area contributed by atoms with Crippen LogP contribution in [0.4, 0.5) is 0 Å². The van der Waals surface area contributed by atoms with Gasteiger partial charge in [0.2, 0.25) is 11.7 Å². The van der Waals surface area contributed by atoms with Gasteiger partial charge in [0.25, 0.3) is 0 Å². The lowest BCUT2D eigenvalue weighted by molar-refractivity contribution is 0.0751. The topological polar surface area (TPSA) is 60.2 Å². The van der Waals surface area contributed by atoms with Crippen LogP contribution in [0.3, 0.4) is 0 Å². The molecule has 1 aromatic heterocycles. The Morgan fingerprint density at radius 1 is 1.42 bits per heavy atom. The minimum atomic E-state index is 0.00334. The minimum absolute atomic E-state index is 0.00334. The molecule has 5 heteroatoms. The van der Waals surface area contributed by atoms with Crippen molar-refractivity contribution in [3.8, 4) is 0 Å². The van der Waals surface area contributed by atoms with Crippen molar-refractivity contribution in [1.82, 2.24) is 15.5 Å². The van der Waals surface area contributed by atoms with Gasteiger partial charge in [-0.3, -0.25) is 0 Å². The number of rotatable bonds is 8. The van der Waals surface area contributed by atoms with Gasteiger partial charge in [-0.1, -0.05) is 19.0 Å². The molecule has 0 spiro atoms. The molecular formula is C14H25N3O2. The average Bonchev–Trinajstić information content (AvgIpc) is 3.13. The van der Waals surface area contributed by atoms with E-state index in [9.17, 15) is 0 Å². The minimum Gasteiger partial charge on any atom is -0.373 e. The maximum absolute atomic E-state index is 5.48. The summed E-state index contributed by atoms with van der Waals surface area (Å²) >= 11 is 0.